The van der Waals surface area contributed by atoms with Crippen molar-refractivity contribution in [3.63, 3.8) is 0 Å². The second-order valence-corrected chi connectivity index (χ2v) is 5.21. The lowest BCUT2D eigenvalue weighted by Crippen LogP contribution is -2.40. The summed E-state index contributed by atoms with van der Waals surface area (Å²) in [6, 6.07) is 0.137. The number of hydrogen-bond acceptors (Lipinski definition) is 3. The molecule has 0 aliphatic carbocycles. The van der Waals surface area contributed by atoms with Crippen molar-refractivity contribution in [3.8, 4) is 0 Å². The molecule has 0 aromatic carbocycles. The number of carboxylic acids is 1. The number of carbonyl (C=O) groups is 2. The average molecular weight is 257 g/mol. The lowest BCUT2D eigenvalue weighted by atomic mass is 9.92. The molecule has 1 rings (SSSR count). The molecule has 0 saturated carbocycles. The third kappa shape index (κ3) is 5.49. The Kier molecular flexibility index (Phi) is 6.12. The molecule has 0 radical (unpaired) electrons. The van der Waals surface area contributed by atoms with Gasteiger partial charge in [-0.05, 0) is 31.6 Å². The van der Waals surface area contributed by atoms with Crippen molar-refractivity contribution in [2.24, 2.45) is 11.8 Å². The smallest absolute Gasteiger partial charge is 0.303 e. The molecular formula is C13H23NO4. The second-order valence-electron chi connectivity index (χ2n) is 5.21. The Bertz CT molecular complexity index is 287. The van der Waals surface area contributed by atoms with E-state index in [1.54, 1.807) is 6.92 Å². The first kappa shape index (κ1) is 15.0. The van der Waals surface area contributed by atoms with E-state index in [9.17, 15) is 9.59 Å². The van der Waals surface area contributed by atoms with Gasteiger partial charge in [0.15, 0.2) is 0 Å². The van der Waals surface area contributed by atoms with Crippen LogP contribution in [-0.4, -0.2) is 36.2 Å². The molecule has 1 amide bonds. The molecular weight excluding hydrogens is 234 g/mol. The lowest BCUT2D eigenvalue weighted by molar-refractivity contribution is -0.138. The van der Waals surface area contributed by atoms with Gasteiger partial charge in [-0.1, -0.05) is 6.92 Å². The molecule has 1 aliphatic rings. The summed E-state index contributed by atoms with van der Waals surface area (Å²) >= 11 is 0. The van der Waals surface area contributed by atoms with Crippen LogP contribution in [0, 0.1) is 11.8 Å². The fourth-order valence-corrected chi connectivity index (χ4v) is 2.33. The first-order valence-corrected chi connectivity index (χ1v) is 6.58. The standard InChI is InChI=1S/C13H23NO4/c1-9(8-13(16)17)7-12(15)14-10(2)11-3-5-18-6-4-11/h9-11H,3-8H2,1-2H3,(H,14,15)(H,16,17). The van der Waals surface area contributed by atoms with E-state index in [0.717, 1.165) is 26.1 Å². The summed E-state index contributed by atoms with van der Waals surface area (Å²) in [7, 11) is 0. The SMILES string of the molecule is CC(CC(=O)O)CC(=O)NC(C)C1CCOCC1. The van der Waals surface area contributed by atoms with Crippen molar-refractivity contribution in [2.45, 2.75) is 45.6 Å². The largest absolute Gasteiger partial charge is 0.481 e. The third-order valence-electron chi connectivity index (χ3n) is 3.42. The van der Waals surface area contributed by atoms with Gasteiger partial charge in [-0.3, -0.25) is 9.59 Å². The zero-order valence-electron chi connectivity index (χ0n) is 11.1. The van der Waals surface area contributed by atoms with E-state index >= 15 is 0 Å². The Morgan fingerprint density at radius 1 is 1.28 bits per heavy atom. The monoisotopic (exact) mass is 257 g/mol. The van der Waals surface area contributed by atoms with Crippen LogP contribution in [0.2, 0.25) is 0 Å². The van der Waals surface area contributed by atoms with Gasteiger partial charge >= 0.3 is 5.97 Å². The van der Waals surface area contributed by atoms with Crippen LogP contribution in [0.4, 0.5) is 0 Å². The normalized spacial score (nSPS) is 20.1. The van der Waals surface area contributed by atoms with Crippen LogP contribution < -0.4 is 5.32 Å². The van der Waals surface area contributed by atoms with Crippen molar-refractivity contribution < 1.29 is 19.4 Å². The van der Waals surface area contributed by atoms with Gasteiger partial charge in [-0.25, -0.2) is 0 Å². The minimum atomic E-state index is -0.854. The molecule has 2 unspecified atom stereocenters. The summed E-state index contributed by atoms with van der Waals surface area (Å²) in [4.78, 5) is 22.3. The van der Waals surface area contributed by atoms with Crippen LogP contribution in [0.5, 0.6) is 0 Å². The van der Waals surface area contributed by atoms with Gasteiger partial charge < -0.3 is 15.2 Å². The van der Waals surface area contributed by atoms with E-state index in [2.05, 4.69) is 5.32 Å². The van der Waals surface area contributed by atoms with E-state index < -0.39 is 5.97 Å². The highest BCUT2D eigenvalue weighted by Gasteiger charge is 2.22. The second kappa shape index (κ2) is 7.36. The van der Waals surface area contributed by atoms with E-state index in [1.165, 1.54) is 0 Å². The maximum absolute atomic E-state index is 11.8. The Labute approximate surface area is 108 Å². The number of carbonyl (C=O) groups excluding carboxylic acids is 1. The molecule has 2 N–H and O–H groups in total. The van der Waals surface area contributed by atoms with Crippen LogP contribution in [0.15, 0.2) is 0 Å². The summed E-state index contributed by atoms with van der Waals surface area (Å²) in [5, 5.41) is 11.6. The van der Waals surface area contributed by atoms with E-state index in [0.29, 0.717) is 5.92 Å². The fourth-order valence-electron chi connectivity index (χ4n) is 2.33. The molecule has 1 heterocycles. The molecule has 2 atom stereocenters. The number of amides is 1. The zero-order valence-corrected chi connectivity index (χ0v) is 11.1. The van der Waals surface area contributed by atoms with E-state index in [4.69, 9.17) is 9.84 Å². The van der Waals surface area contributed by atoms with Crippen molar-refractivity contribution in [3.05, 3.63) is 0 Å². The topological polar surface area (TPSA) is 75.6 Å². The van der Waals surface area contributed by atoms with Crippen LogP contribution in [0.1, 0.15) is 39.5 Å². The summed E-state index contributed by atoms with van der Waals surface area (Å²) < 4.78 is 5.29. The van der Waals surface area contributed by atoms with Gasteiger partial charge in [-0.2, -0.15) is 0 Å². The number of ether oxygens (including phenoxy) is 1. The zero-order chi connectivity index (χ0) is 13.5. The number of hydrogen-bond donors (Lipinski definition) is 2. The Hall–Kier alpha value is -1.10. The third-order valence-corrected chi connectivity index (χ3v) is 3.42. The molecule has 1 aliphatic heterocycles. The number of carboxylic acid groups (broad SMARTS) is 1. The van der Waals surface area contributed by atoms with Crippen LogP contribution >= 0.6 is 0 Å². The van der Waals surface area contributed by atoms with Crippen molar-refractivity contribution in [1.82, 2.24) is 5.32 Å². The molecule has 104 valence electrons. The van der Waals surface area contributed by atoms with Crippen molar-refractivity contribution in [2.75, 3.05) is 13.2 Å². The first-order chi connectivity index (χ1) is 8.49. The maximum Gasteiger partial charge on any atom is 0.303 e. The summed E-state index contributed by atoms with van der Waals surface area (Å²) in [6.45, 7) is 5.32. The number of rotatable bonds is 6. The highest BCUT2D eigenvalue weighted by atomic mass is 16.5. The Morgan fingerprint density at radius 3 is 2.44 bits per heavy atom. The Morgan fingerprint density at radius 2 is 1.89 bits per heavy atom. The first-order valence-electron chi connectivity index (χ1n) is 6.58. The highest BCUT2D eigenvalue weighted by molar-refractivity contribution is 5.77. The lowest BCUT2D eigenvalue weighted by Gasteiger charge is -2.28. The maximum atomic E-state index is 11.8. The molecule has 1 saturated heterocycles. The van der Waals surface area contributed by atoms with Crippen molar-refractivity contribution >= 4 is 11.9 Å². The predicted molar refractivity (Wildman–Crippen MR) is 67.2 cm³/mol. The molecule has 0 bridgehead atoms. The van der Waals surface area contributed by atoms with Crippen LogP contribution in [0.25, 0.3) is 0 Å². The van der Waals surface area contributed by atoms with Crippen molar-refractivity contribution in [1.29, 1.82) is 0 Å². The van der Waals surface area contributed by atoms with Gasteiger partial charge in [0.25, 0.3) is 0 Å². The summed E-state index contributed by atoms with van der Waals surface area (Å²) in [5.41, 5.74) is 0. The fraction of sp³-hybridized carbons (Fsp3) is 0.846. The predicted octanol–water partition coefficient (Wildman–Crippen LogP) is 1.42. The molecule has 1 fully saturated rings. The molecule has 0 aromatic heterocycles. The molecule has 0 spiro atoms. The van der Waals surface area contributed by atoms with Crippen LogP contribution in [0.3, 0.4) is 0 Å². The minimum absolute atomic E-state index is 0.0407. The van der Waals surface area contributed by atoms with Gasteiger partial charge in [0.2, 0.25) is 5.91 Å². The summed E-state index contributed by atoms with van der Waals surface area (Å²) in [5.74, 6) is -0.558. The molecule has 18 heavy (non-hydrogen) atoms. The molecule has 0 aromatic rings. The van der Waals surface area contributed by atoms with Crippen LogP contribution in [-0.2, 0) is 14.3 Å². The van der Waals surface area contributed by atoms with Gasteiger partial charge in [0.1, 0.15) is 0 Å². The highest BCUT2D eigenvalue weighted by Crippen LogP contribution is 2.19. The van der Waals surface area contributed by atoms with E-state index in [-0.39, 0.29) is 30.7 Å². The summed E-state index contributed by atoms with van der Waals surface area (Å²) in [6.07, 6.45) is 2.27. The van der Waals surface area contributed by atoms with Gasteiger partial charge in [0, 0.05) is 32.1 Å². The van der Waals surface area contributed by atoms with Gasteiger partial charge in [-0.15, -0.1) is 0 Å². The molecule has 5 nitrogen and oxygen atoms in total. The number of nitrogens with one attached hydrogen (secondary N) is 1. The van der Waals surface area contributed by atoms with Gasteiger partial charge in [0.05, 0.1) is 0 Å². The Balaban J connectivity index is 2.27. The quantitative estimate of drug-likeness (QED) is 0.754. The van der Waals surface area contributed by atoms with E-state index in [1.807, 2.05) is 6.92 Å². The minimum Gasteiger partial charge on any atom is -0.481 e. The average Bonchev–Trinajstić information content (AvgIpc) is 2.28. The molecule has 5 heteroatoms. The number of aliphatic carboxylic acids is 1.